The first-order valence-electron chi connectivity index (χ1n) is 2.36. The molecular weight excluding hydrogens is 116 g/mol. The van der Waals surface area contributed by atoms with Gasteiger partial charge >= 0.3 is 0 Å². The highest BCUT2D eigenvalue weighted by Crippen LogP contribution is 1.86. The molecule has 0 aliphatic heterocycles. The third-order valence-corrected chi connectivity index (χ3v) is 0.828. The molecule has 0 unspecified atom stereocenters. The standard InChI is InChI=1S/C5H10N4/c1-5(8-7-2)9(3)4-6/h4,6,8H,1-2H2,3H3. The van der Waals surface area contributed by atoms with E-state index in [1.807, 2.05) is 0 Å². The SMILES string of the molecule is C=NNC(=C)N(C)C=N. The second kappa shape index (κ2) is 3.65. The van der Waals surface area contributed by atoms with Gasteiger partial charge in [0.15, 0.2) is 0 Å². The van der Waals surface area contributed by atoms with E-state index in [0.717, 1.165) is 6.34 Å². The zero-order chi connectivity index (χ0) is 7.28. The summed E-state index contributed by atoms with van der Waals surface area (Å²) in [4.78, 5) is 1.48. The van der Waals surface area contributed by atoms with Crippen molar-refractivity contribution in [3.05, 3.63) is 12.4 Å². The zero-order valence-electron chi connectivity index (χ0n) is 5.39. The highest BCUT2D eigenvalue weighted by Gasteiger charge is 1.92. The monoisotopic (exact) mass is 126 g/mol. The van der Waals surface area contributed by atoms with Gasteiger partial charge in [0, 0.05) is 13.8 Å². The predicted molar refractivity (Wildman–Crippen MR) is 38.4 cm³/mol. The van der Waals surface area contributed by atoms with E-state index < -0.39 is 0 Å². The molecule has 0 bridgehead atoms. The lowest BCUT2D eigenvalue weighted by Crippen LogP contribution is -2.22. The van der Waals surface area contributed by atoms with Crippen LogP contribution in [0, 0.1) is 5.41 Å². The molecule has 0 radical (unpaired) electrons. The number of hydrogen-bond donors (Lipinski definition) is 2. The fourth-order valence-electron chi connectivity index (χ4n) is 0.248. The lowest BCUT2D eigenvalue weighted by atomic mass is 10.7. The largest absolute Gasteiger partial charge is 0.322 e. The Labute approximate surface area is 54.4 Å². The van der Waals surface area contributed by atoms with Crippen molar-refractivity contribution in [2.75, 3.05) is 7.05 Å². The van der Waals surface area contributed by atoms with E-state index in [9.17, 15) is 0 Å². The van der Waals surface area contributed by atoms with E-state index in [4.69, 9.17) is 5.41 Å². The van der Waals surface area contributed by atoms with Gasteiger partial charge in [-0.1, -0.05) is 6.58 Å². The Morgan fingerprint density at radius 2 is 2.44 bits per heavy atom. The molecular formula is C5H10N4. The van der Waals surface area contributed by atoms with Crippen molar-refractivity contribution >= 4 is 13.1 Å². The van der Waals surface area contributed by atoms with Crippen LogP contribution in [-0.2, 0) is 0 Å². The van der Waals surface area contributed by atoms with E-state index in [1.54, 1.807) is 7.05 Å². The number of rotatable bonds is 4. The number of hydrazone groups is 1. The van der Waals surface area contributed by atoms with Crippen molar-refractivity contribution in [2.24, 2.45) is 5.10 Å². The van der Waals surface area contributed by atoms with Crippen molar-refractivity contribution < 1.29 is 0 Å². The maximum atomic E-state index is 6.76. The third-order valence-electron chi connectivity index (χ3n) is 0.828. The summed E-state index contributed by atoms with van der Waals surface area (Å²) in [6.07, 6.45) is 1.13. The molecule has 0 aromatic carbocycles. The molecule has 0 spiro atoms. The molecule has 0 amide bonds. The Morgan fingerprint density at radius 3 is 2.78 bits per heavy atom. The van der Waals surface area contributed by atoms with Gasteiger partial charge in [-0.2, -0.15) is 5.10 Å². The molecule has 0 aliphatic rings. The van der Waals surface area contributed by atoms with Gasteiger partial charge < -0.3 is 4.90 Å². The van der Waals surface area contributed by atoms with Gasteiger partial charge in [0.2, 0.25) is 0 Å². The molecule has 4 heteroatoms. The van der Waals surface area contributed by atoms with Gasteiger partial charge in [0.1, 0.15) is 5.82 Å². The summed E-state index contributed by atoms with van der Waals surface area (Å²) in [6, 6.07) is 0. The predicted octanol–water partition coefficient (Wildman–Crippen LogP) is 0.202. The summed E-state index contributed by atoms with van der Waals surface area (Å²) in [5.41, 5.74) is 2.49. The van der Waals surface area contributed by atoms with Crippen LogP contribution in [0.2, 0.25) is 0 Å². The Bertz CT molecular complexity index is 129. The van der Waals surface area contributed by atoms with E-state index >= 15 is 0 Å². The second-order valence-electron chi connectivity index (χ2n) is 1.46. The first-order chi connectivity index (χ1) is 4.22. The minimum absolute atomic E-state index is 0.528. The van der Waals surface area contributed by atoms with Gasteiger partial charge in [0.25, 0.3) is 0 Å². The molecule has 0 rings (SSSR count). The molecule has 0 heterocycles. The van der Waals surface area contributed by atoms with E-state index in [-0.39, 0.29) is 0 Å². The number of hydrogen-bond acceptors (Lipinski definition) is 3. The molecule has 0 saturated heterocycles. The van der Waals surface area contributed by atoms with E-state index in [1.165, 1.54) is 4.90 Å². The average molecular weight is 126 g/mol. The highest BCUT2D eigenvalue weighted by molar-refractivity contribution is 5.52. The van der Waals surface area contributed by atoms with Crippen LogP contribution in [0.1, 0.15) is 0 Å². The quantitative estimate of drug-likeness (QED) is 0.321. The first-order valence-corrected chi connectivity index (χ1v) is 2.36. The van der Waals surface area contributed by atoms with Crippen molar-refractivity contribution in [1.29, 1.82) is 5.41 Å². The van der Waals surface area contributed by atoms with Crippen molar-refractivity contribution in [1.82, 2.24) is 10.3 Å². The molecule has 0 aromatic heterocycles. The Hall–Kier alpha value is -1.32. The maximum absolute atomic E-state index is 6.76. The number of nitrogens with one attached hydrogen (secondary N) is 2. The van der Waals surface area contributed by atoms with Crippen LogP contribution in [0.25, 0.3) is 0 Å². The van der Waals surface area contributed by atoms with Crippen LogP contribution >= 0.6 is 0 Å². The van der Waals surface area contributed by atoms with Gasteiger partial charge in [-0.05, 0) is 0 Å². The zero-order valence-corrected chi connectivity index (χ0v) is 5.39. The highest BCUT2D eigenvalue weighted by atomic mass is 15.4. The Kier molecular flexibility index (Phi) is 3.12. The Balaban J connectivity index is 3.71. The maximum Gasteiger partial charge on any atom is 0.119 e. The molecule has 0 saturated carbocycles. The molecule has 0 fully saturated rings. The lowest BCUT2D eigenvalue weighted by molar-refractivity contribution is 0.574. The molecule has 0 atom stereocenters. The van der Waals surface area contributed by atoms with Crippen molar-refractivity contribution in [3.63, 3.8) is 0 Å². The summed E-state index contributed by atoms with van der Waals surface area (Å²) in [5.74, 6) is 0.528. The van der Waals surface area contributed by atoms with Crippen molar-refractivity contribution in [3.8, 4) is 0 Å². The normalized spacial score (nSPS) is 7.67. The molecule has 9 heavy (non-hydrogen) atoms. The summed E-state index contributed by atoms with van der Waals surface area (Å²) in [5, 5.41) is 10.1. The van der Waals surface area contributed by atoms with Crippen LogP contribution in [0.5, 0.6) is 0 Å². The summed E-state index contributed by atoms with van der Waals surface area (Å²) in [7, 11) is 1.69. The van der Waals surface area contributed by atoms with Crippen LogP contribution in [-0.4, -0.2) is 25.0 Å². The minimum atomic E-state index is 0.528. The van der Waals surface area contributed by atoms with Crippen LogP contribution in [0.15, 0.2) is 17.5 Å². The second-order valence-corrected chi connectivity index (χ2v) is 1.46. The molecule has 50 valence electrons. The van der Waals surface area contributed by atoms with Gasteiger partial charge in [-0.25, -0.2) is 0 Å². The summed E-state index contributed by atoms with van der Waals surface area (Å²) in [6.45, 7) is 6.74. The minimum Gasteiger partial charge on any atom is -0.322 e. The lowest BCUT2D eigenvalue weighted by Gasteiger charge is -2.12. The van der Waals surface area contributed by atoms with Gasteiger partial charge in [-0.15, -0.1) is 0 Å². The van der Waals surface area contributed by atoms with E-state index in [2.05, 4.69) is 23.8 Å². The molecule has 2 N–H and O–H groups in total. The first kappa shape index (κ1) is 7.68. The average Bonchev–Trinajstić information content (AvgIpc) is 1.87. The fourth-order valence-corrected chi connectivity index (χ4v) is 0.248. The molecule has 0 aliphatic carbocycles. The molecule has 4 nitrogen and oxygen atoms in total. The van der Waals surface area contributed by atoms with Gasteiger partial charge in [-0.3, -0.25) is 10.8 Å². The van der Waals surface area contributed by atoms with Crippen LogP contribution in [0.4, 0.5) is 0 Å². The van der Waals surface area contributed by atoms with Crippen LogP contribution < -0.4 is 5.43 Å². The molecule has 0 aromatic rings. The summed E-state index contributed by atoms with van der Waals surface area (Å²) < 4.78 is 0. The van der Waals surface area contributed by atoms with Gasteiger partial charge in [0.05, 0.1) is 6.34 Å². The topological polar surface area (TPSA) is 51.5 Å². The number of nitrogens with zero attached hydrogens (tertiary/aromatic N) is 2. The fraction of sp³-hybridized carbons (Fsp3) is 0.200. The van der Waals surface area contributed by atoms with E-state index in [0.29, 0.717) is 5.82 Å². The summed E-state index contributed by atoms with van der Waals surface area (Å²) >= 11 is 0. The Morgan fingerprint density at radius 1 is 1.89 bits per heavy atom. The van der Waals surface area contributed by atoms with Crippen LogP contribution in [0.3, 0.4) is 0 Å². The van der Waals surface area contributed by atoms with Crippen molar-refractivity contribution in [2.45, 2.75) is 0 Å². The smallest absolute Gasteiger partial charge is 0.119 e. The third kappa shape index (κ3) is 2.48.